The van der Waals surface area contributed by atoms with E-state index in [1.165, 1.54) is 6.07 Å². The summed E-state index contributed by atoms with van der Waals surface area (Å²) < 4.78 is 6.37. The molecule has 4 rings (SSSR count). The van der Waals surface area contributed by atoms with Crippen molar-refractivity contribution in [2.75, 3.05) is 32.7 Å². The highest BCUT2D eigenvalue weighted by atomic mass is 16.5. The molecule has 2 aromatic carbocycles. The lowest BCUT2D eigenvalue weighted by atomic mass is 9.84. The van der Waals surface area contributed by atoms with Gasteiger partial charge in [-0.2, -0.15) is 0 Å². The summed E-state index contributed by atoms with van der Waals surface area (Å²) in [7, 11) is 0. The number of phenols is 1. The van der Waals surface area contributed by atoms with Gasteiger partial charge >= 0.3 is 0 Å². The van der Waals surface area contributed by atoms with E-state index >= 15 is 0 Å². The smallest absolute Gasteiger partial charge is 0.220 e. The Morgan fingerprint density at radius 2 is 1.66 bits per heavy atom. The summed E-state index contributed by atoms with van der Waals surface area (Å²) >= 11 is 0. The Hall–Kier alpha value is -2.90. The Morgan fingerprint density at radius 1 is 1.00 bits per heavy atom. The number of fused-ring (bicyclic) bond motifs is 1. The van der Waals surface area contributed by atoms with Crippen LogP contribution in [0.1, 0.15) is 72.9 Å². The van der Waals surface area contributed by atoms with E-state index in [-0.39, 0.29) is 22.9 Å². The van der Waals surface area contributed by atoms with Gasteiger partial charge < -0.3 is 19.8 Å². The van der Waals surface area contributed by atoms with Gasteiger partial charge in [0, 0.05) is 56.8 Å². The van der Waals surface area contributed by atoms with Crippen LogP contribution in [0, 0.1) is 20.8 Å². The number of ether oxygens (including phenoxy) is 1. The minimum atomic E-state index is -0.860. The summed E-state index contributed by atoms with van der Waals surface area (Å²) in [5, 5.41) is 20.9. The van der Waals surface area contributed by atoms with Gasteiger partial charge in [-0.05, 0) is 74.8 Å². The first-order chi connectivity index (χ1) is 17.9. The fourth-order valence-electron chi connectivity index (χ4n) is 5.57. The number of carbonyl (C=O) groups is 1. The van der Waals surface area contributed by atoms with E-state index in [1.807, 2.05) is 53.7 Å². The Labute approximate surface area is 226 Å². The third kappa shape index (κ3) is 5.59. The Kier molecular flexibility index (Phi) is 8.19. The van der Waals surface area contributed by atoms with E-state index < -0.39 is 5.60 Å². The average Bonchev–Trinajstić information content (AvgIpc) is 3.04. The van der Waals surface area contributed by atoms with Crippen molar-refractivity contribution in [1.82, 2.24) is 9.80 Å². The van der Waals surface area contributed by atoms with Gasteiger partial charge in [0.2, 0.25) is 5.43 Å². The van der Waals surface area contributed by atoms with Crippen molar-refractivity contribution in [3.05, 3.63) is 61.8 Å². The van der Waals surface area contributed by atoms with Crippen LogP contribution in [-0.2, 0) is 17.8 Å². The number of benzene rings is 1. The third-order valence-corrected chi connectivity index (χ3v) is 8.60. The molecule has 7 nitrogen and oxygen atoms in total. The molecule has 0 bridgehead atoms. The maximum Gasteiger partial charge on any atom is 0.220 e. The SMILES string of the molecule is Cc1c(C)c2c(c(C)c1O)CCC(C)(C(=O)CCN1CCN(Cc3ccc(C(C)C)cc(=O)c3O)CC1)O2. The minimum absolute atomic E-state index is 0.110. The molecule has 1 fully saturated rings. The van der Waals surface area contributed by atoms with Gasteiger partial charge in [-0.3, -0.25) is 14.5 Å². The van der Waals surface area contributed by atoms with Crippen LogP contribution in [0.3, 0.4) is 0 Å². The number of carbonyl (C=O) groups excluding carboxylic acids is 1. The predicted octanol–water partition coefficient (Wildman–Crippen LogP) is 4.37. The van der Waals surface area contributed by atoms with Crippen molar-refractivity contribution < 1.29 is 19.7 Å². The number of rotatable bonds is 7. The predicted molar refractivity (Wildman–Crippen MR) is 149 cm³/mol. The molecule has 1 unspecified atom stereocenters. The standard InChI is InChI=1S/C31H42N2O5/c1-19(2)23-7-8-24(29(37)26(34)17-23)18-33-15-13-32(14-16-33)12-10-27(35)31(6)11-9-25-22(5)28(36)20(3)21(4)30(25)38-31/h7-8,17,19,36H,9-16,18H2,1-6H3,(H,34,37). The van der Waals surface area contributed by atoms with Crippen LogP contribution in [0.15, 0.2) is 23.0 Å². The summed E-state index contributed by atoms with van der Waals surface area (Å²) in [5.74, 6) is 1.24. The maximum absolute atomic E-state index is 13.3. The molecule has 2 aromatic rings. The Morgan fingerprint density at radius 3 is 2.32 bits per heavy atom. The molecule has 0 radical (unpaired) electrons. The van der Waals surface area contributed by atoms with E-state index in [1.54, 1.807) is 0 Å². The largest absolute Gasteiger partial charge is 0.507 e. The van der Waals surface area contributed by atoms with Crippen LogP contribution in [-0.4, -0.2) is 64.1 Å². The highest BCUT2D eigenvalue weighted by molar-refractivity contribution is 5.88. The lowest BCUT2D eigenvalue weighted by Crippen LogP contribution is -2.49. The van der Waals surface area contributed by atoms with Gasteiger partial charge in [-0.1, -0.05) is 26.0 Å². The second-order valence-corrected chi connectivity index (χ2v) is 11.5. The third-order valence-electron chi connectivity index (χ3n) is 8.60. The van der Waals surface area contributed by atoms with Gasteiger partial charge in [0.1, 0.15) is 11.5 Å². The lowest BCUT2D eigenvalue weighted by molar-refractivity contribution is -0.135. The molecule has 206 valence electrons. The van der Waals surface area contributed by atoms with Crippen LogP contribution in [0.2, 0.25) is 0 Å². The van der Waals surface area contributed by atoms with Crippen molar-refractivity contribution in [3.63, 3.8) is 0 Å². The minimum Gasteiger partial charge on any atom is -0.507 e. The van der Waals surface area contributed by atoms with Crippen molar-refractivity contribution >= 4 is 5.78 Å². The van der Waals surface area contributed by atoms with Gasteiger partial charge in [0.15, 0.2) is 17.1 Å². The van der Waals surface area contributed by atoms with E-state index in [2.05, 4.69) is 9.80 Å². The monoisotopic (exact) mass is 522 g/mol. The molecule has 0 aliphatic carbocycles. The topological polar surface area (TPSA) is 90.3 Å². The molecule has 0 saturated carbocycles. The van der Waals surface area contributed by atoms with Crippen LogP contribution in [0.5, 0.6) is 17.2 Å². The molecule has 0 spiro atoms. The highest BCUT2D eigenvalue weighted by Gasteiger charge is 2.40. The van der Waals surface area contributed by atoms with Gasteiger partial charge in [0.25, 0.3) is 0 Å². The summed E-state index contributed by atoms with van der Waals surface area (Å²) in [6.45, 7) is 16.2. The number of piperazine rings is 1. The second-order valence-electron chi connectivity index (χ2n) is 11.5. The Bertz CT molecular complexity index is 1280. The molecule has 1 atom stereocenters. The zero-order valence-corrected chi connectivity index (χ0v) is 23.7. The molecule has 7 heteroatoms. The van der Waals surface area contributed by atoms with E-state index in [4.69, 9.17) is 4.74 Å². The maximum atomic E-state index is 13.3. The Balaban J connectivity index is 1.32. The van der Waals surface area contributed by atoms with E-state index in [0.717, 1.165) is 59.7 Å². The molecule has 2 heterocycles. The number of hydrogen-bond acceptors (Lipinski definition) is 7. The molecule has 1 saturated heterocycles. The fraction of sp³-hybridized carbons (Fsp3) is 0.548. The van der Waals surface area contributed by atoms with E-state index in [0.29, 0.717) is 43.7 Å². The van der Waals surface area contributed by atoms with Gasteiger partial charge in [-0.15, -0.1) is 0 Å². The molecule has 38 heavy (non-hydrogen) atoms. The van der Waals surface area contributed by atoms with Crippen molar-refractivity contribution in [2.24, 2.45) is 0 Å². The molecule has 2 aliphatic rings. The van der Waals surface area contributed by atoms with Gasteiger partial charge in [-0.25, -0.2) is 0 Å². The van der Waals surface area contributed by atoms with Crippen molar-refractivity contribution in [2.45, 2.75) is 78.9 Å². The molecule has 2 N–H and O–H groups in total. The second kappa shape index (κ2) is 11.1. The zero-order valence-electron chi connectivity index (χ0n) is 23.7. The normalized spacial score (nSPS) is 20.3. The summed E-state index contributed by atoms with van der Waals surface area (Å²) in [6.07, 6.45) is 1.74. The fourth-order valence-corrected chi connectivity index (χ4v) is 5.57. The van der Waals surface area contributed by atoms with Gasteiger partial charge in [0.05, 0.1) is 0 Å². The van der Waals surface area contributed by atoms with E-state index in [9.17, 15) is 19.8 Å². The van der Waals surface area contributed by atoms with Crippen LogP contribution >= 0.6 is 0 Å². The van der Waals surface area contributed by atoms with Crippen LogP contribution < -0.4 is 10.2 Å². The number of phenolic OH excluding ortho intramolecular Hbond substituents is 1. The number of Topliss-reactive ketones (excluding diaryl/α,β-unsaturated/α-hetero) is 1. The van der Waals surface area contributed by atoms with Crippen molar-refractivity contribution in [1.29, 1.82) is 0 Å². The molecule has 0 amide bonds. The molecule has 0 aromatic heterocycles. The summed E-state index contributed by atoms with van der Waals surface area (Å²) in [5.41, 5.74) is 3.95. The molecular weight excluding hydrogens is 480 g/mol. The van der Waals surface area contributed by atoms with Crippen LogP contribution in [0.4, 0.5) is 0 Å². The number of ketones is 1. The first-order valence-corrected chi connectivity index (χ1v) is 13.8. The molecular formula is C31H42N2O5. The first-order valence-electron chi connectivity index (χ1n) is 13.8. The lowest BCUT2D eigenvalue weighted by Gasteiger charge is -2.38. The number of aromatic hydroxyl groups is 2. The summed E-state index contributed by atoms with van der Waals surface area (Å²) in [4.78, 5) is 30.2. The first kappa shape index (κ1) is 28.1. The quantitative estimate of drug-likeness (QED) is 0.558. The number of hydrogen-bond donors (Lipinski definition) is 2. The number of nitrogens with zero attached hydrogens (tertiary/aromatic N) is 2. The molecule has 2 aliphatic heterocycles. The van der Waals surface area contributed by atoms with Crippen molar-refractivity contribution in [3.8, 4) is 17.2 Å². The highest BCUT2D eigenvalue weighted by Crippen LogP contribution is 2.43. The van der Waals surface area contributed by atoms with Crippen LogP contribution in [0.25, 0.3) is 0 Å². The average molecular weight is 523 g/mol. The summed E-state index contributed by atoms with van der Waals surface area (Å²) in [6, 6.07) is 5.33. The zero-order chi connectivity index (χ0) is 27.8.